The van der Waals surface area contributed by atoms with Crippen molar-refractivity contribution in [1.82, 2.24) is 0 Å². The molecule has 63 heavy (non-hydrogen) atoms. The van der Waals surface area contributed by atoms with E-state index in [1.807, 2.05) is 0 Å². The van der Waals surface area contributed by atoms with Crippen molar-refractivity contribution in [2.75, 3.05) is 39.6 Å². The van der Waals surface area contributed by atoms with Crippen LogP contribution in [0.5, 0.6) is 11.5 Å². The first-order chi connectivity index (χ1) is 30.5. The topological polar surface area (TPSA) is 71.1 Å². The predicted octanol–water partition coefficient (Wildman–Crippen LogP) is 18.8. The van der Waals surface area contributed by atoms with Crippen LogP contribution >= 0.6 is 95.6 Å². The fourth-order valence-electron chi connectivity index (χ4n) is 7.46. The molecule has 2 aromatic rings. The molecule has 0 N–H and O–H groups in total. The highest BCUT2D eigenvalue weighted by molar-refractivity contribution is 9.11. The molecule has 0 saturated heterocycles. The lowest BCUT2D eigenvalue weighted by Gasteiger charge is -2.17. The summed E-state index contributed by atoms with van der Waals surface area (Å²) in [7, 11) is -3.88. The number of ether oxygens (including phenoxy) is 4. The van der Waals surface area contributed by atoms with E-state index in [9.17, 15) is 8.42 Å². The number of hydrogen-bond donors (Lipinski definition) is 0. The van der Waals surface area contributed by atoms with E-state index in [2.05, 4.69) is 109 Å². The largest absolute Gasteiger partial charge is 0.490 e. The first-order valence-corrected chi connectivity index (χ1v) is 30.9. The predicted molar refractivity (Wildman–Crippen MR) is 288 cm³/mol. The Morgan fingerprint density at radius 3 is 0.889 bits per heavy atom. The molecule has 6 nitrogen and oxygen atoms in total. The lowest BCUT2D eigenvalue weighted by molar-refractivity contribution is 0.121. The second-order valence-electron chi connectivity index (χ2n) is 17.1. The van der Waals surface area contributed by atoms with Gasteiger partial charge in [0.2, 0.25) is 9.84 Å². The lowest BCUT2D eigenvalue weighted by Crippen LogP contribution is -2.18. The fourth-order valence-corrected chi connectivity index (χ4v) is 12.9. The molecule has 0 radical (unpaired) electrons. The number of benzene rings is 2. The maximum Gasteiger partial charge on any atom is 0.206 e. The van der Waals surface area contributed by atoms with Crippen molar-refractivity contribution in [2.45, 2.75) is 213 Å². The first kappa shape index (κ1) is 59.9. The van der Waals surface area contributed by atoms with Gasteiger partial charge in [-0.25, -0.2) is 8.42 Å². The van der Waals surface area contributed by atoms with E-state index >= 15 is 0 Å². The quantitative estimate of drug-likeness (QED) is 0.0487. The molecule has 0 spiro atoms. The number of hydrogen-bond acceptors (Lipinski definition) is 6. The van der Waals surface area contributed by atoms with Crippen LogP contribution < -0.4 is 9.47 Å². The Hall–Kier alpha value is 0.790. The third-order valence-corrected chi connectivity index (χ3v) is 16.4. The molecule has 2 aromatic carbocycles. The van der Waals surface area contributed by atoms with Crippen LogP contribution in [-0.2, 0) is 19.3 Å². The number of unbranched alkanes of at least 4 members (excludes halogenated alkanes) is 26. The Morgan fingerprint density at radius 2 is 0.635 bits per heavy atom. The van der Waals surface area contributed by atoms with E-state index in [1.54, 1.807) is 24.3 Å². The van der Waals surface area contributed by atoms with Gasteiger partial charge in [0.15, 0.2) is 0 Å². The molecule has 0 fully saturated rings. The SMILES string of the molecule is CCCCCCCCCCCCCCCCOCC(Br)COc1c(Br)cc(S(=O)(=O)c2cc(Br)c(OCC(Br)COCCCCCCCCCCCCCCCC)c(Br)c2)cc1Br. The Bertz CT molecular complexity index is 1410. The molecule has 364 valence electrons. The standard InChI is InChI=1S/C50H80Br6O6S/c1-3-5-7-9-11-13-15-17-19-21-23-25-27-29-31-59-37-41(51)39-61-49-45(53)33-43(34-46(49)54)63(57,58)44-35-47(55)50(48(56)36-44)62-40-42(52)38-60-32-30-28-26-24-22-20-18-16-14-12-10-8-6-4-2/h33-36,41-42H,3-32,37-40H2,1-2H3. The molecule has 0 aliphatic rings. The molecule has 13 heteroatoms. The Morgan fingerprint density at radius 1 is 0.397 bits per heavy atom. The smallest absolute Gasteiger partial charge is 0.206 e. The van der Waals surface area contributed by atoms with Gasteiger partial charge in [-0.2, -0.15) is 0 Å². The van der Waals surface area contributed by atoms with E-state index in [4.69, 9.17) is 18.9 Å². The number of alkyl halides is 2. The molecule has 0 bridgehead atoms. The van der Waals surface area contributed by atoms with Crippen molar-refractivity contribution in [2.24, 2.45) is 0 Å². The average Bonchev–Trinajstić information content (AvgIpc) is 3.25. The summed E-state index contributed by atoms with van der Waals surface area (Å²) in [5.41, 5.74) is 0. The van der Waals surface area contributed by atoms with Crippen LogP contribution in [0, 0.1) is 0 Å². The van der Waals surface area contributed by atoms with Crippen LogP contribution in [0.15, 0.2) is 51.9 Å². The van der Waals surface area contributed by atoms with Gasteiger partial charge in [-0.15, -0.1) is 0 Å². The summed E-state index contributed by atoms with van der Waals surface area (Å²) in [6.45, 7) is 7.84. The van der Waals surface area contributed by atoms with Crippen LogP contribution in [0.3, 0.4) is 0 Å². The Kier molecular flexibility index (Phi) is 36.7. The molecule has 0 aromatic heterocycles. The molecule has 0 saturated carbocycles. The Labute approximate surface area is 435 Å². The normalized spacial score (nSPS) is 12.8. The summed E-state index contributed by atoms with van der Waals surface area (Å²) in [6.07, 6.45) is 37.5. The van der Waals surface area contributed by atoms with Crippen LogP contribution in [0.1, 0.15) is 194 Å². The van der Waals surface area contributed by atoms with Gasteiger partial charge in [0, 0.05) is 13.2 Å². The van der Waals surface area contributed by atoms with Crippen LogP contribution in [0.2, 0.25) is 0 Å². The van der Waals surface area contributed by atoms with Gasteiger partial charge in [-0.1, -0.05) is 213 Å². The number of halogens is 6. The molecular weight excluding hydrogens is 1210 g/mol. The van der Waals surface area contributed by atoms with E-state index in [-0.39, 0.29) is 19.4 Å². The van der Waals surface area contributed by atoms with Gasteiger partial charge >= 0.3 is 0 Å². The summed E-state index contributed by atoms with van der Waals surface area (Å²) in [5.74, 6) is 1.06. The van der Waals surface area contributed by atoms with E-state index < -0.39 is 9.84 Å². The third kappa shape index (κ3) is 28.2. The zero-order valence-corrected chi connectivity index (χ0v) is 49.0. The number of rotatable bonds is 42. The molecule has 2 rings (SSSR count). The molecule has 2 unspecified atom stereocenters. The van der Waals surface area contributed by atoms with Crippen molar-refractivity contribution in [1.29, 1.82) is 0 Å². The van der Waals surface area contributed by atoms with Crippen molar-refractivity contribution in [3.05, 3.63) is 42.2 Å². The highest BCUT2D eigenvalue weighted by Gasteiger charge is 2.24. The summed E-state index contributed by atoms with van der Waals surface area (Å²) < 4.78 is 53.8. The van der Waals surface area contributed by atoms with Crippen molar-refractivity contribution in [3.8, 4) is 11.5 Å². The highest BCUT2D eigenvalue weighted by Crippen LogP contribution is 2.41. The minimum atomic E-state index is -3.88. The average molecular weight is 1290 g/mol. The molecule has 0 aliphatic heterocycles. The summed E-state index contributed by atoms with van der Waals surface area (Å²) >= 11 is 21.5. The van der Waals surface area contributed by atoms with Gasteiger partial charge in [-0.3, -0.25) is 0 Å². The second kappa shape index (κ2) is 38.6. The first-order valence-electron chi connectivity index (χ1n) is 24.4. The van der Waals surface area contributed by atoms with E-state index in [1.165, 1.54) is 167 Å². The maximum atomic E-state index is 13.8. The van der Waals surface area contributed by atoms with E-state index in [0.29, 0.717) is 55.8 Å². The van der Waals surface area contributed by atoms with Crippen molar-refractivity contribution < 1.29 is 27.4 Å². The van der Waals surface area contributed by atoms with Gasteiger partial charge in [0.05, 0.1) is 50.5 Å². The Balaban J connectivity index is 1.64. The van der Waals surface area contributed by atoms with Crippen LogP contribution in [0.25, 0.3) is 0 Å². The van der Waals surface area contributed by atoms with Crippen molar-refractivity contribution >= 4 is 105 Å². The molecule has 0 heterocycles. The van der Waals surface area contributed by atoms with Gasteiger partial charge in [0.25, 0.3) is 0 Å². The zero-order valence-electron chi connectivity index (χ0n) is 38.6. The second-order valence-corrected chi connectivity index (χ2v) is 25.1. The summed E-state index contributed by atoms with van der Waals surface area (Å²) in [6, 6.07) is 6.30. The molecular formula is C50H80Br6O6S. The fraction of sp³-hybridized carbons (Fsp3) is 0.760. The monoisotopic (exact) mass is 1280 g/mol. The van der Waals surface area contributed by atoms with Crippen molar-refractivity contribution in [3.63, 3.8) is 0 Å². The molecule has 0 amide bonds. The third-order valence-electron chi connectivity index (χ3n) is 11.3. The van der Waals surface area contributed by atoms with Gasteiger partial charge < -0.3 is 18.9 Å². The lowest BCUT2D eigenvalue weighted by atomic mass is 10.0. The van der Waals surface area contributed by atoms with Gasteiger partial charge in [0.1, 0.15) is 24.7 Å². The highest BCUT2D eigenvalue weighted by atomic mass is 79.9. The van der Waals surface area contributed by atoms with Crippen LogP contribution in [-0.4, -0.2) is 57.7 Å². The van der Waals surface area contributed by atoms with Gasteiger partial charge in [-0.05, 0) is 101 Å². The summed E-state index contributed by atoms with van der Waals surface area (Å²) in [4.78, 5) is 0.245. The van der Waals surface area contributed by atoms with E-state index in [0.717, 1.165) is 26.1 Å². The zero-order chi connectivity index (χ0) is 46.0. The molecule has 2 atom stereocenters. The number of sulfone groups is 1. The summed E-state index contributed by atoms with van der Waals surface area (Å²) in [5, 5.41) is 0. The maximum absolute atomic E-state index is 13.8. The minimum absolute atomic E-state index is 0.00655. The molecule has 0 aliphatic carbocycles. The van der Waals surface area contributed by atoms with Crippen LogP contribution in [0.4, 0.5) is 0 Å². The minimum Gasteiger partial charge on any atom is -0.490 e.